The standard InChI is InChI=1S/C8H6BrNS/c9-6-11-8-3-1-7(5-10)2-4-8/h1-4H,6H2. The lowest BCUT2D eigenvalue weighted by Crippen LogP contribution is -1.73. The van der Waals surface area contributed by atoms with Crippen molar-refractivity contribution in [2.24, 2.45) is 0 Å². The molecule has 1 nitrogen and oxygen atoms in total. The Morgan fingerprint density at radius 3 is 2.45 bits per heavy atom. The maximum atomic E-state index is 8.49. The van der Waals surface area contributed by atoms with E-state index in [9.17, 15) is 0 Å². The van der Waals surface area contributed by atoms with Gasteiger partial charge in [-0.25, -0.2) is 0 Å². The van der Waals surface area contributed by atoms with Crippen LogP contribution in [-0.2, 0) is 0 Å². The monoisotopic (exact) mass is 227 g/mol. The SMILES string of the molecule is N#Cc1ccc(SCBr)cc1. The van der Waals surface area contributed by atoms with Gasteiger partial charge in [0.15, 0.2) is 0 Å². The Morgan fingerprint density at radius 1 is 1.36 bits per heavy atom. The summed E-state index contributed by atoms with van der Waals surface area (Å²) in [6.45, 7) is 0. The molecule has 0 spiro atoms. The minimum Gasteiger partial charge on any atom is -0.192 e. The molecule has 1 aromatic carbocycles. The predicted molar refractivity (Wildman–Crippen MR) is 50.8 cm³/mol. The average Bonchev–Trinajstić information content (AvgIpc) is 2.07. The van der Waals surface area contributed by atoms with Crippen LogP contribution in [0.2, 0.25) is 0 Å². The van der Waals surface area contributed by atoms with E-state index in [0.717, 1.165) is 4.66 Å². The van der Waals surface area contributed by atoms with Crippen molar-refractivity contribution >= 4 is 27.7 Å². The van der Waals surface area contributed by atoms with E-state index in [4.69, 9.17) is 5.26 Å². The fourth-order valence-corrected chi connectivity index (χ4v) is 1.94. The van der Waals surface area contributed by atoms with Gasteiger partial charge in [0.25, 0.3) is 0 Å². The number of benzene rings is 1. The van der Waals surface area contributed by atoms with Gasteiger partial charge in [-0.05, 0) is 24.3 Å². The fraction of sp³-hybridized carbons (Fsp3) is 0.125. The van der Waals surface area contributed by atoms with Crippen molar-refractivity contribution in [1.82, 2.24) is 0 Å². The zero-order valence-electron chi connectivity index (χ0n) is 5.75. The lowest BCUT2D eigenvalue weighted by atomic mass is 10.2. The lowest BCUT2D eigenvalue weighted by molar-refractivity contribution is 1.42. The van der Waals surface area contributed by atoms with Gasteiger partial charge in [0, 0.05) is 4.90 Å². The van der Waals surface area contributed by atoms with Gasteiger partial charge in [-0.3, -0.25) is 0 Å². The van der Waals surface area contributed by atoms with Gasteiger partial charge in [0.05, 0.1) is 16.3 Å². The predicted octanol–water partition coefficient (Wildman–Crippen LogP) is 3.00. The number of rotatable bonds is 2. The smallest absolute Gasteiger partial charge is 0.0991 e. The van der Waals surface area contributed by atoms with Gasteiger partial charge in [0.1, 0.15) is 0 Å². The Labute approximate surface area is 78.5 Å². The van der Waals surface area contributed by atoms with Crippen molar-refractivity contribution < 1.29 is 0 Å². The van der Waals surface area contributed by atoms with Crippen LogP contribution in [0.4, 0.5) is 0 Å². The van der Waals surface area contributed by atoms with Gasteiger partial charge in [-0.15, -0.1) is 11.8 Å². The molecule has 3 heteroatoms. The zero-order chi connectivity index (χ0) is 8.10. The summed E-state index contributed by atoms with van der Waals surface area (Å²) in [5.41, 5.74) is 0.712. The van der Waals surface area contributed by atoms with Crippen molar-refractivity contribution in [3.63, 3.8) is 0 Å². The quantitative estimate of drug-likeness (QED) is 0.573. The number of nitriles is 1. The third-order valence-electron chi connectivity index (χ3n) is 1.20. The number of halogens is 1. The molecule has 0 aliphatic heterocycles. The number of hydrogen-bond donors (Lipinski definition) is 0. The lowest BCUT2D eigenvalue weighted by Gasteiger charge is -1.95. The largest absolute Gasteiger partial charge is 0.192 e. The molecule has 0 aromatic heterocycles. The fourth-order valence-electron chi connectivity index (χ4n) is 0.689. The molecular weight excluding hydrogens is 222 g/mol. The van der Waals surface area contributed by atoms with Gasteiger partial charge in [-0.1, -0.05) is 15.9 Å². The van der Waals surface area contributed by atoms with Crippen LogP contribution >= 0.6 is 27.7 Å². The molecule has 0 aliphatic rings. The zero-order valence-corrected chi connectivity index (χ0v) is 8.15. The highest BCUT2D eigenvalue weighted by molar-refractivity contribution is 9.11. The minimum absolute atomic E-state index is 0.712. The molecule has 0 amide bonds. The van der Waals surface area contributed by atoms with Crippen molar-refractivity contribution in [2.45, 2.75) is 4.90 Å². The highest BCUT2D eigenvalue weighted by Gasteiger charge is 1.91. The minimum atomic E-state index is 0.712. The maximum Gasteiger partial charge on any atom is 0.0991 e. The molecule has 0 bridgehead atoms. The van der Waals surface area contributed by atoms with Crippen LogP contribution in [-0.4, -0.2) is 4.66 Å². The molecule has 0 fully saturated rings. The number of hydrogen-bond acceptors (Lipinski definition) is 2. The maximum absolute atomic E-state index is 8.49. The molecule has 0 saturated heterocycles. The van der Waals surface area contributed by atoms with Crippen LogP contribution in [0.5, 0.6) is 0 Å². The first-order chi connectivity index (χ1) is 5.36. The Morgan fingerprint density at radius 2 is 2.00 bits per heavy atom. The van der Waals surface area contributed by atoms with E-state index in [1.165, 1.54) is 4.90 Å². The normalized spacial score (nSPS) is 9.09. The van der Waals surface area contributed by atoms with Gasteiger partial charge in [0.2, 0.25) is 0 Å². The van der Waals surface area contributed by atoms with Crippen molar-refractivity contribution in [2.75, 3.05) is 4.66 Å². The Kier molecular flexibility index (Phi) is 3.47. The summed E-state index contributed by atoms with van der Waals surface area (Å²) in [6, 6.07) is 9.62. The molecule has 0 aliphatic carbocycles. The van der Waals surface area contributed by atoms with Gasteiger partial charge < -0.3 is 0 Å². The summed E-state index contributed by atoms with van der Waals surface area (Å²) in [6.07, 6.45) is 0. The second-order valence-electron chi connectivity index (χ2n) is 1.89. The van der Waals surface area contributed by atoms with Crippen LogP contribution in [0, 0.1) is 11.3 Å². The van der Waals surface area contributed by atoms with E-state index in [2.05, 4.69) is 22.0 Å². The summed E-state index contributed by atoms with van der Waals surface area (Å²) in [7, 11) is 0. The van der Waals surface area contributed by atoms with Crippen LogP contribution in [0.25, 0.3) is 0 Å². The number of nitrogens with zero attached hydrogens (tertiary/aromatic N) is 1. The van der Waals surface area contributed by atoms with Crippen LogP contribution in [0.15, 0.2) is 29.2 Å². The third kappa shape index (κ3) is 2.57. The number of alkyl halides is 1. The van der Waals surface area contributed by atoms with Crippen LogP contribution in [0.3, 0.4) is 0 Å². The van der Waals surface area contributed by atoms with Crippen molar-refractivity contribution in [3.05, 3.63) is 29.8 Å². The van der Waals surface area contributed by atoms with Crippen LogP contribution < -0.4 is 0 Å². The molecule has 1 rings (SSSR count). The summed E-state index contributed by atoms with van der Waals surface area (Å²) < 4.78 is 0.888. The first-order valence-electron chi connectivity index (χ1n) is 3.06. The molecule has 0 radical (unpaired) electrons. The highest BCUT2D eigenvalue weighted by Crippen LogP contribution is 2.19. The van der Waals surface area contributed by atoms with E-state index < -0.39 is 0 Å². The molecule has 0 unspecified atom stereocenters. The first kappa shape index (κ1) is 8.63. The molecule has 1 aromatic rings. The van der Waals surface area contributed by atoms with Crippen LogP contribution in [0.1, 0.15) is 5.56 Å². The number of thioether (sulfide) groups is 1. The van der Waals surface area contributed by atoms with E-state index in [0.29, 0.717) is 5.56 Å². The topological polar surface area (TPSA) is 23.8 Å². The van der Waals surface area contributed by atoms with Crippen molar-refractivity contribution in [3.8, 4) is 6.07 Å². The Balaban J connectivity index is 2.76. The molecule has 0 heterocycles. The molecule has 0 N–H and O–H groups in total. The van der Waals surface area contributed by atoms with E-state index in [-0.39, 0.29) is 0 Å². The molecule has 56 valence electrons. The average molecular weight is 228 g/mol. The molecule has 0 saturated carbocycles. The van der Waals surface area contributed by atoms with E-state index in [1.807, 2.05) is 24.3 Å². The molecule has 0 atom stereocenters. The summed E-state index contributed by atoms with van der Waals surface area (Å²) in [5, 5.41) is 8.49. The molecular formula is C8H6BrNS. The van der Waals surface area contributed by atoms with E-state index in [1.54, 1.807) is 11.8 Å². The highest BCUT2D eigenvalue weighted by atomic mass is 79.9. The summed E-state index contributed by atoms with van der Waals surface area (Å²) in [4.78, 5) is 1.18. The molecule has 11 heavy (non-hydrogen) atoms. The first-order valence-corrected chi connectivity index (χ1v) is 5.16. The van der Waals surface area contributed by atoms with E-state index >= 15 is 0 Å². The second kappa shape index (κ2) is 4.42. The second-order valence-corrected chi connectivity index (χ2v) is 4.24. The van der Waals surface area contributed by atoms with Crippen molar-refractivity contribution in [1.29, 1.82) is 5.26 Å². The third-order valence-corrected chi connectivity index (χ3v) is 2.61. The Hall–Kier alpha value is -0.460. The summed E-state index contributed by atoms with van der Waals surface area (Å²) in [5.74, 6) is 0. The van der Waals surface area contributed by atoms with Gasteiger partial charge >= 0.3 is 0 Å². The Bertz CT molecular complexity index is 262. The summed E-state index contributed by atoms with van der Waals surface area (Å²) >= 11 is 5.02. The van der Waals surface area contributed by atoms with Gasteiger partial charge in [-0.2, -0.15) is 5.26 Å².